The van der Waals surface area contributed by atoms with Gasteiger partial charge < -0.3 is 21.3 Å². The molecule has 2 heterocycles. The monoisotopic (exact) mass is 384 g/mol. The number of urea groups is 2. The van der Waals surface area contributed by atoms with Gasteiger partial charge in [-0.25, -0.2) is 9.59 Å². The number of nitrogens with zero attached hydrogens (tertiary/aromatic N) is 2. The maximum absolute atomic E-state index is 11.7. The Balaban J connectivity index is 1.37. The van der Waals surface area contributed by atoms with Gasteiger partial charge in [0.1, 0.15) is 0 Å². The molecule has 0 unspecified atom stereocenters. The van der Waals surface area contributed by atoms with Crippen molar-refractivity contribution in [2.45, 2.75) is 38.5 Å². The Hall–Kier alpha value is -3.16. The molecule has 150 valence electrons. The summed E-state index contributed by atoms with van der Waals surface area (Å²) in [5.41, 5.74) is 1.37. The number of amides is 4. The largest absolute Gasteiger partial charge is 0.338 e. The Morgan fingerprint density at radius 2 is 1.11 bits per heavy atom. The average Bonchev–Trinajstić information content (AvgIpc) is 2.71. The Morgan fingerprint density at radius 3 is 1.50 bits per heavy atom. The summed E-state index contributed by atoms with van der Waals surface area (Å²) in [5, 5.41) is 11.1. The van der Waals surface area contributed by atoms with Crippen LogP contribution < -0.4 is 21.3 Å². The summed E-state index contributed by atoms with van der Waals surface area (Å²) in [5.74, 6) is 0. The molecule has 0 spiro atoms. The molecule has 0 bridgehead atoms. The van der Waals surface area contributed by atoms with E-state index < -0.39 is 0 Å². The minimum atomic E-state index is -0.205. The Labute approximate surface area is 165 Å². The van der Waals surface area contributed by atoms with Gasteiger partial charge >= 0.3 is 12.1 Å². The van der Waals surface area contributed by atoms with Crippen molar-refractivity contribution in [1.29, 1.82) is 0 Å². The molecule has 2 aromatic heterocycles. The molecule has 4 N–H and O–H groups in total. The molecule has 28 heavy (non-hydrogen) atoms. The Kier molecular flexibility index (Phi) is 9.87. The maximum Gasteiger partial charge on any atom is 0.319 e. The lowest BCUT2D eigenvalue weighted by Gasteiger charge is -2.08. The van der Waals surface area contributed by atoms with Crippen LogP contribution in [0.1, 0.15) is 38.5 Å². The van der Waals surface area contributed by atoms with Crippen molar-refractivity contribution in [3.8, 4) is 0 Å². The first-order valence-electron chi connectivity index (χ1n) is 9.64. The lowest BCUT2D eigenvalue weighted by Crippen LogP contribution is -2.29. The second-order valence-electron chi connectivity index (χ2n) is 6.37. The summed E-state index contributed by atoms with van der Waals surface area (Å²) in [6, 6.07) is 6.73. The fourth-order valence-corrected chi connectivity index (χ4v) is 2.58. The number of hydrogen-bond donors (Lipinski definition) is 4. The molecule has 2 rings (SSSR count). The van der Waals surface area contributed by atoms with Crippen molar-refractivity contribution >= 4 is 23.4 Å². The number of unbranched alkanes of at least 4 members (excludes halogenated alkanes) is 5. The number of hydrogen-bond acceptors (Lipinski definition) is 4. The molecule has 0 aliphatic heterocycles. The predicted molar refractivity (Wildman–Crippen MR) is 110 cm³/mol. The number of carbonyl (C=O) groups is 2. The number of anilines is 2. The summed E-state index contributed by atoms with van der Waals surface area (Å²) in [4.78, 5) is 31.3. The van der Waals surface area contributed by atoms with Gasteiger partial charge in [0.15, 0.2) is 0 Å². The highest BCUT2D eigenvalue weighted by Crippen LogP contribution is 2.06. The third-order valence-corrected chi connectivity index (χ3v) is 4.01. The molecule has 0 fully saturated rings. The molecule has 0 aliphatic carbocycles. The summed E-state index contributed by atoms with van der Waals surface area (Å²) in [6.07, 6.45) is 12.8. The number of carbonyl (C=O) groups excluding carboxylic acids is 2. The molecule has 0 saturated carbocycles. The Morgan fingerprint density at radius 1 is 0.679 bits per heavy atom. The molecule has 8 heteroatoms. The van der Waals surface area contributed by atoms with Crippen LogP contribution in [0.5, 0.6) is 0 Å². The van der Waals surface area contributed by atoms with Gasteiger partial charge in [-0.2, -0.15) is 0 Å². The van der Waals surface area contributed by atoms with E-state index in [9.17, 15) is 9.59 Å². The van der Waals surface area contributed by atoms with E-state index >= 15 is 0 Å². The average molecular weight is 384 g/mol. The van der Waals surface area contributed by atoms with Crippen LogP contribution in [0.25, 0.3) is 0 Å². The number of nitrogens with one attached hydrogen (secondary N) is 4. The molecular formula is C20H28N6O2. The van der Waals surface area contributed by atoms with E-state index in [1.54, 1.807) is 49.1 Å². The van der Waals surface area contributed by atoms with Crippen molar-refractivity contribution in [3.05, 3.63) is 49.1 Å². The normalized spacial score (nSPS) is 10.1. The van der Waals surface area contributed by atoms with Crippen LogP contribution in [-0.4, -0.2) is 35.1 Å². The third kappa shape index (κ3) is 9.51. The lowest BCUT2D eigenvalue weighted by molar-refractivity contribution is 0.251. The summed E-state index contributed by atoms with van der Waals surface area (Å²) in [6.45, 7) is 1.31. The quantitative estimate of drug-likeness (QED) is 0.442. The van der Waals surface area contributed by atoms with Gasteiger partial charge in [-0.1, -0.05) is 25.7 Å². The second kappa shape index (κ2) is 13.1. The number of pyridine rings is 2. The fourth-order valence-electron chi connectivity index (χ4n) is 2.58. The molecule has 8 nitrogen and oxygen atoms in total. The topological polar surface area (TPSA) is 108 Å². The van der Waals surface area contributed by atoms with Crippen molar-refractivity contribution in [3.63, 3.8) is 0 Å². The van der Waals surface area contributed by atoms with Crippen LogP contribution in [0.4, 0.5) is 21.0 Å². The highest BCUT2D eigenvalue weighted by atomic mass is 16.2. The first kappa shape index (κ1) is 21.1. The predicted octanol–water partition coefficient (Wildman–Crippen LogP) is 3.76. The van der Waals surface area contributed by atoms with Crippen molar-refractivity contribution in [1.82, 2.24) is 20.6 Å². The van der Waals surface area contributed by atoms with E-state index in [-0.39, 0.29) is 12.1 Å². The van der Waals surface area contributed by atoms with E-state index in [1.165, 1.54) is 0 Å². The van der Waals surface area contributed by atoms with Gasteiger partial charge in [-0.15, -0.1) is 0 Å². The van der Waals surface area contributed by atoms with Gasteiger partial charge in [-0.05, 0) is 37.1 Å². The zero-order valence-corrected chi connectivity index (χ0v) is 16.0. The fraction of sp³-hybridized carbons (Fsp3) is 0.400. The van der Waals surface area contributed by atoms with E-state index in [0.717, 1.165) is 38.5 Å². The van der Waals surface area contributed by atoms with Crippen LogP contribution in [0, 0.1) is 0 Å². The van der Waals surface area contributed by atoms with E-state index in [1.807, 2.05) is 0 Å². The Bertz CT molecular complexity index is 635. The number of rotatable bonds is 11. The van der Waals surface area contributed by atoms with Crippen LogP contribution in [-0.2, 0) is 0 Å². The van der Waals surface area contributed by atoms with E-state index in [2.05, 4.69) is 31.2 Å². The molecule has 0 saturated heterocycles. The molecule has 0 radical (unpaired) electrons. The summed E-state index contributed by atoms with van der Waals surface area (Å²) >= 11 is 0. The van der Waals surface area contributed by atoms with E-state index in [4.69, 9.17) is 0 Å². The van der Waals surface area contributed by atoms with Crippen LogP contribution in [0.3, 0.4) is 0 Å². The molecule has 0 atom stereocenters. The first-order chi connectivity index (χ1) is 13.7. The maximum atomic E-state index is 11.7. The molecule has 0 aliphatic rings. The van der Waals surface area contributed by atoms with Gasteiger partial charge in [0, 0.05) is 25.5 Å². The van der Waals surface area contributed by atoms with Gasteiger partial charge in [0.25, 0.3) is 0 Å². The van der Waals surface area contributed by atoms with Crippen molar-refractivity contribution in [2.75, 3.05) is 23.7 Å². The summed E-state index contributed by atoms with van der Waals surface area (Å²) in [7, 11) is 0. The zero-order chi connectivity index (χ0) is 19.9. The molecular weight excluding hydrogens is 356 g/mol. The van der Waals surface area contributed by atoms with Gasteiger partial charge in [-0.3, -0.25) is 9.97 Å². The van der Waals surface area contributed by atoms with Crippen molar-refractivity contribution in [2.24, 2.45) is 0 Å². The highest BCUT2D eigenvalue weighted by molar-refractivity contribution is 5.89. The van der Waals surface area contributed by atoms with Crippen LogP contribution in [0.15, 0.2) is 49.1 Å². The smallest absolute Gasteiger partial charge is 0.319 e. The lowest BCUT2D eigenvalue weighted by atomic mass is 10.1. The zero-order valence-electron chi connectivity index (χ0n) is 16.0. The van der Waals surface area contributed by atoms with Gasteiger partial charge in [0.2, 0.25) is 0 Å². The van der Waals surface area contributed by atoms with E-state index in [0.29, 0.717) is 24.5 Å². The molecule has 0 aromatic carbocycles. The summed E-state index contributed by atoms with van der Waals surface area (Å²) < 4.78 is 0. The van der Waals surface area contributed by atoms with Crippen LogP contribution >= 0.6 is 0 Å². The highest BCUT2D eigenvalue weighted by Gasteiger charge is 2.01. The molecule has 2 aromatic rings. The standard InChI is InChI=1S/C20H28N6O2/c27-19(25-17-9-7-11-21-15-17)23-13-5-3-1-2-4-6-14-24-20(28)26-18-10-8-12-22-16-18/h7-12,15-16H,1-6,13-14H2,(H2,23,25,27)(H2,24,26,28). The minimum Gasteiger partial charge on any atom is -0.338 e. The SMILES string of the molecule is O=C(NCCCCCCCCNC(=O)Nc1cccnc1)Nc1cccnc1. The minimum absolute atomic E-state index is 0.205. The van der Waals surface area contributed by atoms with Gasteiger partial charge in [0.05, 0.1) is 23.8 Å². The molecule has 4 amide bonds. The van der Waals surface area contributed by atoms with Crippen LogP contribution in [0.2, 0.25) is 0 Å². The first-order valence-corrected chi connectivity index (χ1v) is 9.64. The third-order valence-electron chi connectivity index (χ3n) is 4.01. The second-order valence-corrected chi connectivity index (χ2v) is 6.37. The van der Waals surface area contributed by atoms with Crippen molar-refractivity contribution < 1.29 is 9.59 Å². The number of aromatic nitrogens is 2.